The number of benzene rings is 1. The number of rotatable bonds is 3. The van der Waals surface area contributed by atoms with Crippen LogP contribution in [0.5, 0.6) is 0 Å². The van der Waals surface area contributed by atoms with E-state index in [1.807, 2.05) is 43.3 Å². The number of aryl methyl sites for hydroxylation is 1. The van der Waals surface area contributed by atoms with E-state index in [1.165, 1.54) is 0 Å². The Balaban J connectivity index is 1.94. The fourth-order valence-corrected chi connectivity index (χ4v) is 3.09. The van der Waals surface area contributed by atoms with Gasteiger partial charge in [0.25, 0.3) is 5.56 Å². The minimum absolute atomic E-state index is 0.137. The summed E-state index contributed by atoms with van der Waals surface area (Å²) in [6.45, 7) is 1.91. The van der Waals surface area contributed by atoms with E-state index < -0.39 is 0 Å². The van der Waals surface area contributed by atoms with Gasteiger partial charge in [-0.25, -0.2) is 4.98 Å². The number of hydrogen-bond acceptors (Lipinski definition) is 4. The van der Waals surface area contributed by atoms with Gasteiger partial charge in [0.1, 0.15) is 5.82 Å². The zero-order valence-electron chi connectivity index (χ0n) is 14.0. The standard InChI is InChI=1S/C20H15ClN4O/c1-13-11-14-8-10-23-19(24-16-3-2-9-22-12-16)18(14)20(26)25(13)17-6-4-15(21)5-7-17/h2-12H,1H3,(H,23,24). The summed E-state index contributed by atoms with van der Waals surface area (Å²) in [5.74, 6) is 0.503. The van der Waals surface area contributed by atoms with Crippen LogP contribution >= 0.6 is 11.6 Å². The van der Waals surface area contributed by atoms with Crippen LogP contribution in [0.2, 0.25) is 5.02 Å². The molecular weight excluding hydrogens is 348 g/mol. The van der Waals surface area contributed by atoms with E-state index in [0.29, 0.717) is 16.2 Å². The third-order valence-corrected chi connectivity index (χ3v) is 4.38. The van der Waals surface area contributed by atoms with Crippen molar-refractivity contribution in [2.45, 2.75) is 6.92 Å². The molecule has 0 saturated heterocycles. The van der Waals surface area contributed by atoms with Crippen LogP contribution in [0.4, 0.5) is 11.5 Å². The van der Waals surface area contributed by atoms with Gasteiger partial charge >= 0.3 is 0 Å². The average molecular weight is 363 g/mol. The summed E-state index contributed by atoms with van der Waals surface area (Å²) in [5.41, 5.74) is 2.23. The number of nitrogens with zero attached hydrogens (tertiary/aromatic N) is 3. The van der Waals surface area contributed by atoms with Gasteiger partial charge in [-0.1, -0.05) is 11.6 Å². The molecule has 0 radical (unpaired) electrons. The van der Waals surface area contributed by atoms with E-state index in [0.717, 1.165) is 22.5 Å². The van der Waals surface area contributed by atoms with Gasteiger partial charge in [0.2, 0.25) is 0 Å². The number of anilines is 2. The van der Waals surface area contributed by atoms with Gasteiger partial charge in [0.15, 0.2) is 0 Å². The predicted octanol–water partition coefficient (Wildman–Crippen LogP) is 4.49. The molecule has 128 valence electrons. The maximum atomic E-state index is 13.3. The van der Waals surface area contributed by atoms with Crippen LogP contribution in [0, 0.1) is 6.92 Å². The Kier molecular flexibility index (Phi) is 4.14. The second kappa shape index (κ2) is 6.61. The summed E-state index contributed by atoms with van der Waals surface area (Å²) in [7, 11) is 0. The van der Waals surface area contributed by atoms with E-state index in [1.54, 1.807) is 35.3 Å². The Morgan fingerprint density at radius 2 is 1.88 bits per heavy atom. The van der Waals surface area contributed by atoms with Crippen molar-refractivity contribution in [3.05, 3.63) is 88.2 Å². The first-order valence-electron chi connectivity index (χ1n) is 8.08. The first kappa shape index (κ1) is 16.3. The lowest BCUT2D eigenvalue weighted by Gasteiger charge is -2.14. The van der Waals surface area contributed by atoms with Crippen molar-refractivity contribution in [2.75, 3.05) is 5.32 Å². The monoisotopic (exact) mass is 362 g/mol. The lowest BCUT2D eigenvalue weighted by molar-refractivity contribution is 0.950. The largest absolute Gasteiger partial charge is 0.338 e. The zero-order chi connectivity index (χ0) is 18.1. The molecule has 0 unspecified atom stereocenters. The Bertz CT molecular complexity index is 1140. The smallest absolute Gasteiger partial charge is 0.266 e. The van der Waals surface area contributed by atoms with Crippen molar-refractivity contribution in [1.29, 1.82) is 0 Å². The first-order valence-corrected chi connectivity index (χ1v) is 8.45. The molecule has 4 rings (SSSR count). The van der Waals surface area contributed by atoms with E-state index in [-0.39, 0.29) is 5.56 Å². The molecule has 5 nitrogen and oxygen atoms in total. The summed E-state index contributed by atoms with van der Waals surface area (Å²) >= 11 is 5.98. The maximum absolute atomic E-state index is 13.3. The van der Waals surface area contributed by atoms with Gasteiger partial charge in [-0.05, 0) is 60.8 Å². The number of nitrogens with one attached hydrogen (secondary N) is 1. The van der Waals surface area contributed by atoms with E-state index in [4.69, 9.17) is 11.6 Å². The number of aromatic nitrogens is 3. The predicted molar refractivity (Wildman–Crippen MR) is 105 cm³/mol. The molecule has 0 spiro atoms. The second-order valence-electron chi connectivity index (χ2n) is 5.89. The van der Waals surface area contributed by atoms with Gasteiger partial charge in [0.05, 0.1) is 17.3 Å². The van der Waals surface area contributed by atoms with E-state index in [9.17, 15) is 4.79 Å². The van der Waals surface area contributed by atoms with E-state index >= 15 is 0 Å². The molecular formula is C20H15ClN4O. The van der Waals surface area contributed by atoms with Crippen LogP contribution in [-0.2, 0) is 0 Å². The summed E-state index contributed by atoms with van der Waals surface area (Å²) in [6, 6.07) is 14.7. The molecule has 0 atom stereocenters. The number of fused-ring (bicyclic) bond motifs is 1. The summed E-state index contributed by atoms with van der Waals surface area (Å²) < 4.78 is 1.66. The third kappa shape index (κ3) is 2.93. The maximum Gasteiger partial charge on any atom is 0.266 e. The molecule has 0 amide bonds. The molecule has 3 aromatic heterocycles. The minimum Gasteiger partial charge on any atom is -0.338 e. The normalized spacial score (nSPS) is 10.8. The van der Waals surface area contributed by atoms with Gasteiger partial charge in [0, 0.05) is 28.8 Å². The Morgan fingerprint density at radius 1 is 1.08 bits per heavy atom. The van der Waals surface area contributed by atoms with Gasteiger partial charge in [-0.15, -0.1) is 0 Å². The summed E-state index contributed by atoms with van der Waals surface area (Å²) in [5, 5.41) is 5.17. The Hall–Kier alpha value is -3.18. The highest BCUT2D eigenvalue weighted by atomic mass is 35.5. The lowest BCUT2D eigenvalue weighted by atomic mass is 10.1. The molecule has 1 N–H and O–H groups in total. The lowest BCUT2D eigenvalue weighted by Crippen LogP contribution is -2.21. The number of halogens is 1. The minimum atomic E-state index is -0.137. The van der Waals surface area contributed by atoms with E-state index in [2.05, 4.69) is 15.3 Å². The molecule has 0 aliphatic heterocycles. The first-order chi connectivity index (χ1) is 12.6. The van der Waals surface area contributed by atoms with Crippen molar-refractivity contribution in [2.24, 2.45) is 0 Å². The quantitative estimate of drug-likeness (QED) is 0.583. The van der Waals surface area contributed by atoms with Crippen LogP contribution in [0.15, 0.2) is 71.9 Å². The molecule has 4 aromatic rings. The molecule has 26 heavy (non-hydrogen) atoms. The van der Waals surface area contributed by atoms with Gasteiger partial charge in [-0.2, -0.15) is 0 Å². The van der Waals surface area contributed by atoms with Gasteiger partial charge in [-0.3, -0.25) is 14.3 Å². The SMILES string of the molecule is Cc1cc2ccnc(Nc3cccnc3)c2c(=O)n1-c1ccc(Cl)cc1. The fourth-order valence-electron chi connectivity index (χ4n) is 2.96. The highest BCUT2D eigenvalue weighted by Crippen LogP contribution is 2.23. The van der Waals surface area contributed by atoms with Crippen LogP contribution in [0.3, 0.4) is 0 Å². The third-order valence-electron chi connectivity index (χ3n) is 4.13. The van der Waals surface area contributed by atoms with Crippen molar-refractivity contribution in [3.63, 3.8) is 0 Å². The molecule has 0 fully saturated rings. The Morgan fingerprint density at radius 3 is 2.62 bits per heavy atom. The highest BCUT2D eigenvalue weighted by molar-refractivity contribution is 6.30. The van der Waals surface area contributed by atoms with Crippen LogP contribution < -0.4 is 10.9 Å². The van der Waals surface area contributed by atoms with Crippen LogP contribution in [0.25, 0.3) is 16.5 Å². The van der Waals surface area contributed by atoms with Gasteiger partial charge < -0.3 is 5.32 Å². The molecule has 0 saturated carbocycles. The zero-order valence-corrected chi connectivity index (χ0v) is 14.7. The van der Waals surface area contributed by atoms with Crippen molar-refractivity contribution < 1.29 is 0 Å². The van der Waals surface area contributed by atoms with Crippen molar-refractivity contribution in [1.82, 2.24) is 14.5 Å². The molecule has 1 aromatic carbocycles. The molecule has 0 aliphatic carbocycles. The number of pyridine rings is 3. The van der Waals surface area contributed by atoms with Crippen LogP contribution in [-0.4, -0.2) is 14.5 Å². The van der Waals surface area contributed by atoms with Crippen molar-refractivity contribution in [3.8, 4) is 5.69 Å². The van der Waals surface area contributed by atoms with Crippen LogP contribution in [0.1, 0.15) is 5.69 Å². The molecule has 0 aliphatic rings. The average Bonchev–Trinajstić information content (AvgIpc) is 2.64. The second-order valence-corrected chi connectivity index (χ2v) is 6.33. The number of hydrogen-bond donors (Lipinski definition) is 1. The summed E-state index contributed by atoms with van der Waals surface area (Å²) in [4.78, 5) is 21.7. The molecule has 0 bridgehead atoms. The molecule has 6 heteroatoms. The summed E-state index contributed by atoms with van der Waals surface area (Å²) in [6.07, 6.45) is 5.07. The fraction of sp³-hybridized carbons (Fsp3) is 0.0500. The topological polar surface area (TPSA) is 59.8 Å². The Labute approximate surface area is 154 Å². The van der Waals surface area contributed by atoms with Crippen molar-refractivity contribution >= 4 is 33.9 Å². The highest BCUT2D eigenvalue weighted by Gasteiger charge is 2.13. The molecule has 3 heterocycles.